The van der Waals surface area contributed by atoms with Gasteiger partial charge in [-0.05, 0) is 135 Å². The summed E-state index contributed by atoms with van der Waals surface area (Å²) in [6, 6.07) is 100.0. The van der Waals surface area contributed by atoms with E-state index in [-0.39, 0.29) is 0 Å². The molecule has 332 valence electrons. The second-order valence-electron chi connectivity index (χ2n) is 18.5. The first kappa shape index (κ1) is 40.6. The Balaban J connectivity index is 1.01. The maximum absolute atomic E-state index is 2.43. The first-order chi connectivity index (χ1) is 35.2. The van der Waals surface area contributed by atoms with Crippen LogP contribution in [0.1, 0.15) is 0 Å². The van der Waals surface area contributed by atoms with E-state index in [0.29, 0.717) is 0 Å². The lowest BCUT2D eigenvalue weighted by atomic mass is 9.90. The first-order valence-corrected chi connectivity index (χ1v) is 24.4. The van der Waals surface area contributed by atoms with Crippen molar-refractivity contribution in [2.24, 2.45) is 0 Å². The van der Waals surface area contributed by atoms with Gasteiger partial charge in [0.1, 0.15) is 0 Å². The molecule has 0 spiro atoms. The Morgan fingerprint density at radius 1 is 0.239 bits per heavy atom. The standard InChI is InChI=1S/C68H45N3/c1-4-21-52(22-5-1)69(63-34-18-20-46-19-10-11-27-56(46)63)66-40-39-55(57-28-12-13-29-58(57)66)51-42-49(47-35-37-61-59-30-14-16-32-64(59)70(67(61)44-47)53-23-6-2-7-24-53)41-50(43-51)48-36-38-62-60-31-15-17-33-65(60)71(68(62)45-48)54-25-8-3-9-26-54/h1-45H. The Bertz CT molecular complexity index is 4160. The van der Waals surface area contributed by atoms with Crippen molar-refractivity contribution in [3.05, 3.63) is 273 Å². The Kier molecular flexibility index (Phi) is 9.53. The molecule has 0 bridgehead atoms. The zero-order chi connectivity index (χ0) is 46.8. The molecule has 0 saturated carbocycles. The third-order valence-electron chi connectivity index (χ3n) is 14.5. The molecule has 0 fully saturated rings. The average Bonchev–Trinajstić information content (AvgIpc) is 3.96. The van der Waals surface area contributed by atoms with Gasteiger partial charge in [0.25, 0.3) is 0 Å². The molecule has 2 aromatic heterocycles. The van der Waals surface area contributed by atoms with Crippen LogP contribution in [0.2, 0.25) is 0 Å². The molecule has 3 heteroatoms. The van der Waals surface area contributed by atoms with E-state index in [4.69, 9.17) is 0 Å². The SMILES string of the molecule is c1ccc(N(c2cccc3ccccc23)c2ccc(-c3cc(-c4ccc5c6ccccc6n(-c6ccccc6)c5c4)cc(-c4ccc5c6ccccc6n(-c6ccccc6)c5c4)c3)c3ccccc23)cc1. The van der Waals surface area contributed by atoms with Crippen LogP contribution in [-0.4, -0.2) is 9.13 Å². The van der Waals surface area contributed by atoms with Crippen molar-refractivity contribution in [3.63, 3.8) is 0 Å². The van der Waals surface area contributed by atoms with Crippen molar-refractivity contribution < 1.29 is 0 Å². The molecule has 0 radical (unpaired) electrons. The summed E-state index contributed by atoms with van der Waals surface area (Å²) in [5.74, 6) is 0. The Hall–Kier alpha value is -9.44. The van der Waals surface area contributed by atoms with Crippen LogP contribution in [0.4, 0.5) is 17.1 Å². The molecule has 0 amide bonds. The number of rotatable bonds is 8. The van der Waals surface area contributed by atoms with E-state index in [0.717, 1.165) is 56.3 Å². The zero-order valence-electron chi connectivity index (χ0n) is 38.8. The topological polar surface area (TPSA) is 13.1 Å². The predicted molar refractivity (Wildman–Crippen MR) is 301 cm³/mol. The van der Waals surface area contributed by atoms with Gasteiger partial charge in [-0.15, -0.1) is 0 Å². The van der Waals surface area contributed by atoms with Crippen molar-refractivity contribution in [3.8, 4) is 44.8 Å². The highest BCUT2D eigenvalue weighted by Crippen LogP contribution is 2.46. The minimum absolute atomic E-state index is 1.11. The van der Waals surface area contributed by atoms with Crippen LogP contribution in [0.3, 0.4) is 0 Å². The number of benzene rings is 12. The number of nitrogens with zero attached hydrogens (tertiary/aromatic N) is 3. The van der Waals surface area contributed by atoms with Gasteiger partial charge in [0.05, 0.1) is 33.4 Å². The van der Waals surface area contributed by atoms with E-state index < -0.39 is 0 Å². The van der Waals surface area contributed by atoms with Crippen LogP contribution >= 0.6 is 0 Å². The number of aromatic nitrogens is 2. The summed E-state index contributed by atoms with van der Waals surface area (Å²) < 4.78 is 4.83. The van der Waals surface area contributed by atoms with Crippen LogP contribution < -0.4 is 4.90 Å². The van der Waals surface area contributed by atoms with Crippen molar-refractivity contribution in [1.29, 1.82) is 0 Å². The molecule has 2 heterocycles. The summed E-state index contributed by atoms with van der Waals surface area (Å²) in [6.45, 7) is 0. The number of hydrogen-bond donors (Lipinski definition) is 0. The van der Waals surface area contributed by atoms with Crippen molar-refractivity contribution in [2.75, 3.05) is 4.90 Å². The summed E-state index contributed by atoms with van der Waals surface area (Å²) in [6.07, 6.45) is 0. The Morgan fingerprint density at radius 3 is 1.27 bits per heavy atom. The first-order valence-electron chi connectivity index (χ1n) is 24.4. The third kappa shape index (κ3) is 6.74. The van der Waals surface area contributed by atoms with Gasteiger partial charge in [-0.3, -0.25) is 0 Å². The van der Waals surface area contributed by atoms with E-state index in [2.05, 4.69) is 287 Å². The van der Waals surface area contributed by atoms with Gasteiger partial charge in [0, 0.05) is 49.4 Å². The second-order valence-corrected chi connectivity index (χ2v) is 18.5. The number of hydrogen-bond acceptors (Lipinski definition) is 1. The normalized spacial score (nSPS) is 11.7. The number of fused-ring (bicyclic) bond motifs is 8. The van der Waals surface area contributed by atoms with Crippen LogP contribution in [0, 0.1) is 0 Å². The van der Waals surface area contributed by atoms with E-state index in [1.165, 1.54) is 70.7 Å². The smallest absolute Gasteiger partial charge is 0.0547 e. The molecule has 0 unspecified atom stereocenters. The van der Waals surface area contributed by atoms with Gasteiger partial charge in [0.2, 0.25) is 0 Å². The minimum atomic E-state index is 1.11. The number of anilines is 3. The number of para-hydroxylation sites is 5. The molecule has 12 aromatic carbocycles. The molecule has 14 aromatic rings. The molecule has 3 nitrogen and oxygen atoms in total. The lowest BCUT2D eigenvalue weighted by Gasteiger charge is -2.28. The summed E-state index contributed by atoms with van der Waals surface area (Å²) >= 11 is 0. The maximum atomic E-state index is 2.43. The quantitative estimate of drug-likeness (QED) is 0.148. The summed E-state index contributed by atoms with van der Waals surface area (Å²) in [5, 5.41) is 9.74. The van der Waals surface area contributed by atoms with Crippen molar-refractivity contribution >= 4 is 82.2 Å². The fourth-order valence-corrected chi connectivity index (χ4v) is 11.2. The molecule has 71 heavy (non-hydrogen) atoms. The molecule has 0 aliphatic heterocycles. The van der Waals surface area contributed by atoms with Gasteiger partial charge in [0.15, 0.2) is 0 Å². The summed E-state index contributed by atoms with van der Waals surface area (Å²) in [4.78, 5) is 2.43. The van der Waals surface area contributed by atoms with E-state index in [1.807, 2.05) is 0 Å². The van der Waals surface area contributed by atoms with E-state index >= 15 is 0 Å². The van der Waals surface area contributed by atoms with Gasteiger partial charge in [-0.25, -0.2) is 0 Å². The summed E-state index contributed by atoms with van der Waals surface area (Å²) in [5.41, 5.74) is 17.4. The highest BCUT2D eigenvalue weighted by Gasteiger charge is 2.21. The van der Waals surface area contributed by atoms with Gasteiger partial charge in [-0.2, -0.15) is 0 Å². The molecule has 0 aliphatic carbocycles. The molecular weight excluding hydrogens is 859 g/mol. The van der Waals surface area contributed by atoms with Crippen LogP contribution in [0.5, 0.6) is 0 Å². The average molecular weight is 904 g/mol. The Morgan fingerprint density at radius 2 is 0.676 bits per heavy atom. The predicted octanol–water partition coefficient (Wildman–Crippen LogP) is 18.7. The summed E-state index contributed by atoms with van der Waals surface area (Å²) in [7, 11) is 0. The van der Waals surface area contributed by atoms with Gasteiger partial charge >= 0.3 is 0 Å². The van der Waals surface area contributed by atoms with Gasteiger partial charge < -0.3 is 14.0 Å². The minimum Gasteiger partial charge on any atom is -0.309 e. The van der Waals surface area contributed by atoms with Crippen molar-refractivity contribution in [1.82, 2.24) is 9.13 Å². The van der Waals surface area contributed by atoms with E-state index in [1.54, 1.807) is 0 Å². The molecular formula is C68H45N3. The molecule has 14 rings (SSSR count). The van der Waals surface area contributed by atoms with Gasteiger partial charge in [-0.1, -0.05) is 182 Å². The molecule has 0 aliphatic rings. The molecule has 0 atom stereocenters. The second kappa shape index (κ2) is 16.7. The van der Waals surface area contributed by atoms with Crippen molar-refractivity contribution in [2.45, 2.75) is 0 Å². The third-order valence-corrected chi connectivity index (χ3v) is 14.5. The monoisotopic (exact) mass is 903 g/mol. The maximum Gasteiger partial charge on any atom is 0.0547 e. The lowest BCUT2D eigenvalue weighted by molar-refractivity contribution is 1.18. The molecule has 0 saturated heterocycles. The lowest BCUT2D eigenvalue weighted by Crippen LogP contribution is -2.11. The van der Waals surface area contributed by atoms with Crippen LogP contribution in [-0.2, 0) is 0 Å². The van der Waals surface area contributed by atoms with E-state index in [9.17, 15) is 0 Å². The fraction of sp³-hybridized carbons (Fsp3) is 0. The fourth-order valence-electron chi connectivity index (χ4n) is 11.2. The molecule has 0 N–H and O–H groups in total. The van der Waals surface area contributed by atoms with Crippen LogP contribution in [0.15, 0.2) is 273 Å². The largest absolute Gasteiger partial charge is 0.309 e. The Labute approximate surface area is 412 Å². The highest BCUT2D eigenvalue weighted by atomic mass is 15.1. The van der Waals surface area contributed by atoms with Crippen LogP contribution in [0.25, 0.3) is 110 Å². The highest BCUT2D eigenvalue weighted by molar-refractivity contribution is 6.13. The zero-order valence-corrected chi connectivity index (χ0v) is 38.8.